The molecule has 3 aromatic rings. The summed E-state index contributed by atoms with van der Waals surface area (Å²) >= 11 is 0. The fourth-order valence-electron chi connectivity index (χ4n) is 5.41. The van der Waals surface area contributed by atoms with Gasteiger partial charge in [-0.25, -0.2) is 8.42 Å². The number of carbonyl (C=O) groups is 2. The number of aliphatic hydroxyl groups is 1. The van der Waals surface area contributed by atoms with Crippen LogP contribution < -0.4 is 10.0 Å². The van der Waals surface area contributed by atoms with Gasteiger partial charge in [-0.15, -0.1) is 0 Å². The van der Waals surface area contributed by atoms with E-state index in [1.807, 2.05) is 61.5 Å². The number of amides is 1. The zero-order valence-electron chi connectivity index (χ0n) is 21.2. The van der Waals surface area contributed by atoms with Crippen molar-refractivity contribution in [3.8, 4) is 0 Å². The Labute approximate surface area is 226 Å². The Hall–Kier alpha value is -3.57. The van der Waals surface area contributed by atoms with Crippen molar-refractivity contribution in [2.45, 2.75) is 55.1 Å². The van der Waals surface area contributed by atoms with E-state index in [2.05, 4.69) is 10.0 Å². The van der Waals surface area contributed by atoms with Gasteiger partial charge in [0.25, 0.3) is 0 Å². The summed E-state index contributed by atoms with van der Waals surface area (Å²) in [7, 11) is -4.22. The molecule has 10 heteroatoms. The lowest BCUT2D eigenvalue weighted by atomic mass is 9.89. The number of hydrogen-bond donors (Lipinski definition) is 4. The zero-order valence-corrected chi connectivity index (χ0v) is 22.0. The normalized spacial score (nSPS) is 25.1. The Balaban J connectivity index is 1.44. The highest BCUT2D eigenvalue weighted by molar-refractivity contribution is 7.89. The van der Waals surface area contributed by atoms with Crippen molar-refractivity contribution in [2.75, 3.05) is 0 Å². The first-order chi connectivity index (χ1) is 18.6. The summed E-state index contributed by atoms with van der Waals surface area (Å²) in [4.78, 5) is 26.0. The second-order valence-electron chi connectivity index (χ2n) is 10.1. The van der Waals surface area contributed by atoms with Gasteiger partial charge in [0.2, 0.25) is 15.9 Å². The lowest BCUT2D eigenvalue weighted by molar-refractivity contribution is -0.143. The number of aliphatic hydroxyl groups excluding tert-OH is 1. The van der Waals surface area contributed by atoms with E-state index in [1.165, 1.54) is 12.1 Å². The van der Waals surface area contributed by atoms with Gasteiger partial charge in [-0.3, -0.25) is 9.59 Å². The van der Waals surface area contributed by atoms with Crippen molar-refractivity contribution in [1.29, 1.82) is 0 Å². The molecule has 1 fully saturated rings. The fourth-order valence-corrected chi connectivity index (χ4v) is 6.65. The summed E-state index contributed by atoms with van der Waals surface area (Å²) < 4.78 is 34.7. The third kappa shape index (κ3) is 5.60. The van der Waals surface area contributed by atoms with Gasteiger partial charge in [-0.05, 0) is 42.2 Å². The van der Waals surface area contributed by atoms with E-state index < -0.39 is 58.2 Å². The number of hydrogen-bond acceptors (Lipinski definition) is 6. The molecule has 1 amide bonds. The molecule has 1 aliphatic carbocycles. The maximum atomic E-state index is 13.6. The number of aryl methyl sites for hydroxylation is 1. The number of fused-ring (bicyclic) bond motifs is 1. The summed E-state index contributed by atoms with van der Waals surface area (Å²) in [5, 5.41) is 23.6. The van der Waals surface area contributed by atoms with Crippen LogP contribution in [-0.2, 0) is 30.8 Å². The molecule has 0 bridgehead atoms. The first-order valence-electron chi connectivity index (χ1n) is 12.7. The van der Waals surface area contributed by atoms with Gasteiger partial charge in [0.15, 0.2) is 0 Å². The highest BCUT2D eigenvalue weighted by Crippen LogP contribution is 2.40. The number of nitrogens with one attached hydrogen (secondary N) is 2. The van der Waals surface area contributed by atoms with Gasteiger partial charge in [-0.1, -0.05) is 72.3 Å². The van der Waals surface area contributed by atoms with E-state index in [0.717, 1.165) is 22.3 Å². The van der Waals surface area contributed by atoms with Crippen LogP contribution in [0.5, 0.6) is 0 Å². The number of aliphatic carboxylic acids is 1. The smallest absolute Gasteiger partial charge is 0.322 e. The lowest BCUT2D eigenvalue weighted by Gasteiger charge is -2.26. The number of carboxylic acids is 1. The summed E-state index contributed by atoms with van der Waals surface area (Å²) in [5.41, 5.74) is 3.29. The third-order valence-corrected chi connectivity index (χ3v) is 8.88. The SMILES string of the molecule is Cc1ccc(S(=O)(=O)N[C@@H](C(=O)O)[C@H]2C[C@H](c3ccccc3)O[C@@H]2C(=O)N[C@@H]2c3ccccc3C[C@@H]2O)cc1. The van der Waals surface area contributed by atoms with Crippen LogP contribution in [0.15, 0.2) is 83.8 Å². The van der Waals surface area contributed by atoms with Crippen LogP contribution in [0.25, 0.3) is 0 Å². The van der Waals surface area contributed by atoms with Crippen LogP contribution in [0, 0.1) is 12.8 Å². The highest BCUT2D eigenvalue weighted by atomic mass is 32.2. The van der Waals surface area contributed by atoms with Crippen molar-refractivity contribution < 1.29 is 33.0 Å². The molecule has 0 radical (unpaired) electrons. The third-order valence-electron chi connectivity index (χ3n) is 7.43. The molecular weight excluding hydrogens is 520 g/mol. The summed E-state index contributed by atoms with van der Waals surface area (Å²) in [6.45, 7) is 1.81. The molecule has 3 aromatic carbocycles. The predicted molar refractivity (Wildman–Crippen MR) is 142 cm³/mol. The van der Waals surface area contributed by atoms with E-state index in [0.29, 0.717) is 6.42 Å². The second kappa shape index (κ2) is 10.9. The van der Waals surface area contributed by atoms with Gasteiger partial charge in [0, 0.05) is 12.3 Å². The van der Waals surface area contributed by atoms with Crippen LogP contribution in [0.4, 0.5) is 0 Å². The number of rotatable bonds is 8. The van der Waals surface area contributed by atoms with Crippen LogP contribution in [0.1, 0.15) is 40.8 Å². The van der Waals surface area contributed by atoms with E-state index in [-0.39, 0.29) is 11.3 Å². The molecule has 1 aliphatic heterocycles. The summed E-state index contributed by atoms with van der Waals surface area (Å²) in [5.74, 6) is -3.06. The molecule has 1 saturated heterocycles. The number of carbonyl (C=O) groups excluding carboxylic acids is 1. The maximum Gasteiger partial charge on any atom is 0.322 e. The Kier molecular flexibility index (Phi) is 7.55. The number of sulfonamides is 1. The molecule has 0 unspecified atom stereocenters. The van der Waals surface area contributed by atoms with E-state index in [1.54, 1.807) is 12.1 Å². The number of ether oxygens (including phenoxy) is 1. The summed E-state index contributed by atoms with van der Waals surface area (Å²) in [6.07, 6.45) is -2.29. The molecule has 5 rings (SSSR count). The average molecular weight is 551 g/mol. The quantitative estimate of drug-likeness (QED) is 0.338. The molecule has 0 spiro atoms. The van der Waals surface area contributed by atoms with Crippen molar-refractivity contribution in [2.24, 2.45) is 5.92 Å². The zero-order chi connectivity index (χ0) is 27.7. The highest BCUT2D eigenvalue weighted by Gasteiger charge is 2.49. The monoisotopic (exact) mass is 550 g/mol. The van der Waals surface area contributed by atoms with Crippen LogP contribution >= 0.6 is 0 Å². The molecule has 39 heavy (non-hydrogen) atoms. The molecule has 4 N–H and O–H groups in total. The first-order valence-corrected chi connectivity index (χ1v) is 14.2. The molecule has 9 nitrogen and oxygen atoms in total. The van der Waals surface area contributed by atoms with Crippen LogP contribution in [0.3, 0.4) is 0 Å². The molecule has 6 atom stereocenters. The molecule has 1 heterocycles. The number of carboxylic acid groups (broad SMARTS) is 1. The van der Waals surface area contributed by atoms with Gasteiger partial charge in [-0.2, -0.15) is 4.72 Å². The van der Waals surface area contributed by atoms with E-state index in [9.17, 15) is 28.2 Å². The van der Waals surface area contributed by atoms with Crippen molar-refractivity contribution in [3.05, 3.63) is 101 Å². The lowest BCUT2D eigenvalue weighted by Crippen LogP contribution is -2.52. The maximum absolute atomic E-state index is 13.6. The topological polar surface area (TPSA) is 142 Å². The Morgan fingerprint density at radius 1 is 0.974 bits per heavy atom. The fraction of sp³-hybridized carbons (Fsp3) is 0.310. The van der Waals surface area contributed by atoms with Crippen LogP contribution in [-0.4, -0.2) is 48.8 Å². The van der Waals surface area contributed by atoms with Gasteiger partial charge < -0.3 is 20.3 Å². The van der Waals surface area contributed by atoms with Gasteiger partial charge >= 0.3 is 5.97 Å². The minimum Gasteiger partial charge on any atom is -0.480 e. The number of benzene rings is 3. The Bertz CT molecular complexity index is 1460. The van der Waals surface area contributed by atoms with Crippen molar-refractivity contribution in [1.82, 2.24) is 10.0 Å². The van der Waals surface area contributed by atoms with Crippen molar-refractivity contribution in [3.63, 3.8) is 0 Å². The molecule has 0 aromatic heterocycles. The average Bonchev–Trinajstić information content (AvgIpc) is 3.49. The minimum absolute atomic E-state index is 0.0791. The standard InChI is InChI=1S/C29H30N2O7S/c1-17-11-13-20(14-12-17)39(36,37)31-26(29(34)35)22-16-24(18-7-3-2-4-8-18)38-27(22)28(33)30-25-21-10-6-5-9-19(21)15-23(25)32/h2-14,22-27,31-32H,15-16H2,1H3,(H,30,33)(H,34,35)/t22-,23+,24-,25-,26-,27+/m1/s1. The van der Waals surface area contributed by atoms with E-state index >= 15 is 0 Å². The largest absolute Gasteiger partial charge is 0.480 e. The van der Waals surface area contributed by atoms with Crippen molar-refractivity contribution >= 4 is 21.9 Å². The molecule has 2 aliphatic rings. The molecule has 0 saturated carbocycles. The molecular formula is C29H30N2O7S. The first kappa shape index (κ1) is 27.0. The second-order valence-corrected chi connectivity index (χ2v) is 11.8. The van der Waals surface area contributed by atoms with Gasteiger partial charge in [0.1, 0.15) is 12.1 Å². The summed E-state index contributed by atoms with van der Waals surface area (Å²) in [6, 6.07) is 20.2. The van der Waals surface area contributed by atoms with Crippen LogP contribution in [0.2, 0.25) is 0 Å². The predicted octanol–water partition coefficient (Wildman–Crippen LogP) is 2.65. The Morgan fingerprint density at radius 3 is 2.33 bits per heavy atom. The van der Waals surface area contributed by atoms with Gasteiger partial charge in [0.05, 0.1) is 23.1 Å². The van der Waals surface area contributed by atoms with E-state index in [4.69, 9.17) is 4.74 Å². The minimum atomic E-state index is -4.22. The molecule has 204 valence electrons. The Morgan fingerprint density at radius 2 is 1.64 bits per heavy atom.